The first-order valence-electron chi connectivity index (χ1n) is 8.52. The Morgan fingerprint density at radius 2 is 1.95 bits per heavy atom. The molecule has 2 saturated carbocycles. The lowest BCUT2D eigenvalue weighted by Gasteiger charge is -2.41. The molecule has 2 bridgehead atoms. The van der Waals surface area contributed by atoms with Crippen molar-refractivity contribution in [2.24, 2.45) is 11.8 Å². The van der Waals surface area contributed by atoms with Crippen molar-refractivity contribution in [3.8, 4) is 0 Å². The molecule has 22 heavy (non-hydrogen) atoms. The van der Waals surface area contributed by atoms with Crippen molar-refractivity contribution in [1.29, 1.82) is 0 Å². The summed E-state index contributed by atoms with van der Waals surface area (Å²) < 4.78 is 1.95. The van der Waals surface area contributed by atoms with E-state index >= 15 is 0 Å². The number of anilines is 1. The molecular formula is C16H22N6. The SMILES string of the molecule is c1cn2cnnc2c(N2CCN(C3CC4CCC3C4)CC2)n1. The molecule has 0 amide bonds. The summed E-state index contributed by atoms with van der Waals surface area (Å²) in [5.41, 5.74) is 0.871. The summed E-state index contributed by atoms with van der Waals surface area (Å²) in [6, 6.07) is 0.859. The minimum absolute atomic E-state index is 0.859. The van der Waals surface area contributed by atoms with E-state index in [1.807, 2.05) is 16.8 Å². The monoisotopic (exact) mass is 298 g/mol. The minimum atomic E-state index is 0.859. The highest BCUT2D eigenvalue weighted by molar-refractivity contribution is 5.63. The van der Waals surface area contributed by atoms with Gasteiger partial charge in [-0.1, -0.05) is 6.42 Å². The largest absolute Gasteiger partial charge is 0.351 e. The molecule has 3 fully saturated rings. The van der Waals surface area contributed by atoms with Crippen molar-refractivity contribution in [2.75, 3.05) is 31.1 Å². The highest BCUT2D eigenvalue weighted by Gasteiger charge is 2.42. The summed E-state index contributed by atoms with van der Waals surface area (Å²) in [6.07, 6.45) is 11.4. The van der Waals surface area contributed by atoms with E-state index in [9.17, 15) is 0 Å². The van der Waals surface area contributed by atoms with Crippen LogP contribution in [0.15, 0.2) is 18.7 Å². The Balaban J connectivity index is 1.31. The lowest BCUT2D eigenvalue weighted by molar-refractivity contribution is 0.135. The molecule has 2 aromatic rings. The van der Waals surface area contributed by atoms with Crippen molar-refractivity contribution < 1.29 is 0 Å². The van der Waals surface area contributed by atoms with Crippen LogP contribution in [0.4, 0.5) is 5.82 Å². The first kappa shape index (κ1) is 12.8. The molecule has 2 aliphatic carbocycles. The van der Waals surface area contributed by atoms with Gasteiger partial charge < -0.3 is 4.90 Å². The van der Waals surface area contributed by atoms with Gasteiger partial charge >= 0.3 is 0 Å². The number of nitrogens with zero attached hydrogens (tertiary/aromatic N) is 6. The second-order valence-corrected chi connectivity index (χ2v) is 7.08. The molecule has 6 nitrogen and oxygen atoms in total. The molecule has 3 atom stereocenters. The van der Waals surface area contributed by atoms with E-state index in [0.29, 0.717) is 0 Å². The Kier molecular flexibility index (Phi) is 2.86. The van der Waals surface area contributed by atoms with Gasteiger partial charge in [0.2, 0.25) is 5.65 Å². The summed E-state index contributed by atoms with van der Waals surface area (Å²) in [7, 11) is 0. The van der Waals surface area contributed by atoms with Gasteiger partial charge in [0.1, 0.15) is 6.33 Å². The maximum atomic E-state index is 4.55. The number of aromatic nitrogens is 4. The summed E-state index contributed by atoms with van der Waals surface area (Å²) >= 11 is 0. The van der Waals surface area contributed by atoms with Crippen LogP contribution in [0.2, 0.25) is 0 Å². The van der Waals surface area contributed by atoms with Gasteiger partial charge in [-0.25, -0.2) is 4.98 Å². The van der Waals surface area contributed by atoms with Crippen molar-refractivity contribution in [2.45, 2.75) is 31.7 Å². The first-order chi connectivity index (χ1) is 10.9. The Morgan fingerprint density at radius 1 is 1.05 bits per heavy atom. The second-order valence-electron chi connectivity index (χ2n) is 7.08. The van der Waals surface area contributed by atoms with Crippen LogP contribution in [0.5, 0.6) is 0 Å². The maximum absolute atomic E-state index is 4.55. The van der Waals surface area contributed by atoms with Crippen LogP contribution in [0.25, 0.3) is 5.65 Å². The van der Waals surface area contributed by atoms with Crippen molar-refractivity contribution in [3.63, 3.8) is 0 Å². The molecule has 3 aliphatic rings. The van der Waals surface area contributed by atoms with Crippen LogP contribution in [0.3, 0.4) is 0 Å². The molecular weight excluding hydrogens is 276 g/mol. The fourth-order valence-electron chi connectivity index (χ4n) is 4.89. The van der Waals surface area contributed by atoms with Gasteiger partial charge in [-0.3, -0.25) is 9.30 Å². The van der Waals surface area contributed by atoms with Crippen LogP contribution in [0, 0.1) is 11.8 Å². The Morgan fingerprint density at radius 3 is 2.73 bits per heavy atom. The van der Waals surface area contributed by atoms with E-state index in [0.717, 1.165) is 55.5 Å². The number of rotatable bonds is 2. The predicted molar refractivity (Wildman–Crippen MR) is 83.8 cm³/mol. The molecule has 6 heteroatoms. The highest BCUT2D eigenvalue weighted by atomic mass is 15.3. The zero-order chi connectivity index (χ0) is 14.5. The van der Waals surface area contributed by atoms with Gasteiger partial charge in [-0.15, -0.1) is 10.2 Å². The second kappa shape index (κ2) is 4.91. The lowest BCUT2D eigenvalue weighted by atomic mass is 9.93. The summed E-state index contributed by atoms with van der Waals surface area (Å²) in [6.45, 7) is 4.41. The Labute approximate surface area is 130 Å². The van der Waals surface area contributed by atoms with Gasteiger partial charge in [0.05, 0.1) is 0 Å². The third-order valence-corrected chi connectivity index (χ3v) is 5.98. The van der Waals surface area contributed by atoms with Crippen LogP contribution in [0.1, 0.15) is 25.7 Å². The summed E-state index contributed by atoms with van der Waals surface area (Å²) in [5.74, 6) is 2.99. The van der Waals surface area contributed by atoms with E-state index in [2.05, 4.69) is 25.0 Å². The Bertz CT molecular complexity index is 674. The van der Waals surface area contributed by atoms with Gasteiger partial charge in [0.25, 0.3) is 0 Å². The number of piperazine rings is 1. The molecule has 0 spiro atoms. The normalized spacial score (nSPS) is 32.2. The molecule has 0 N–H and O–H groups in total. The molecule has 2 aromatic heterocycles. The summed E-state index contributed by atoms with van der Waals surface area (Å²) in [5, 5.41) is 8.21. The van der Waals surface area contributed by atoms with Gasteiger partial charge in [0, 0.05) is 44.6 Å². The molecule has 0 aromatic carbocycles. The smallest absolute Gasteiger partial charge is 0.203 e. The van der Waals surface area contributed by atoms with Crippen molar-refractivity contribution in [1.82, 2.24) is 24.5 Å². The molecule has 1 saturated heterocycles. The molecule has 5 rings (SSSR count). The van der Waals surface area contributed by atoms with Gasteiger partial charge in [0.15, 0.2) is 5.82 Å². The standard InChI is InChI=1S/C16H22N6/c1-2-13-9-12(1)10-14(13)20-5-7-21(8-6-20)15-16-19-18-11-22(16)4-3-17-15/h3-4,11-14H,1-2,5-10H2. The van der Waals surface area contributed by atoms with Crippen LogP contribution < -0.4 is 4.90 Å². The summed E-state index contributed by atoms with van der Waals surface area (Å²) in [4.78, 5) is 9.66. The molecule has 116 valence electrons. The Hall–Kier alpha value is -1.69. The number of hydrogen-bond donors (Lipinski definition) is 0. The molecule has 1 aliphatic heterocycles. The molecule has 3 heterocycles. The van der Waals surface area contributed by atoms with Crippen LogP contribution >= 0.6 is 0 Å². The average molecular weight is 298 g/mol. The highest BCUT2D eigenvalue weighted by Crippen LogP contribution is 2.46. The third kappa shape index (κ3) is 1.93. The topological polar surface area (TPSA) is 49.6 Å². The van der Waals surface area contributed by atoms with E-state index in [1.54, 1.807) is 6.33 Å². The van der Waals surface area contributed by atoms with Crippen molar-refractivity contribution >= 4 is 11.5 Å². The fraction of sp³-hybridized carbons (Fsp3) is 0.688. The van der Waals surface area contributed by atoms with Crippen LogP contribution in [-0.4, -0.2) is 56.7 Å². The zero-order valence-electron chi connectivity index (χ0n) is 12.8. The van der Waals surface area contributed by atoms with Gasteiger partial charge in [-0.2, -0.15) is 0 Å². The van der Waals surface area contributed by atoms with Gasteiger partial charge in [-0.05, 0) is 31.1 Å². The van der Waals surface area contributed by atoms with Crippen LogP contribution in [-0.2, 0) is 0 Å². The maximum Gasteiger partial charge on any atom is 0.203 e. The molecule has 0 radical (unpaired) electrons. The minimum Gasteiger partial charge on any atom is -0.351 e. The third-order valence-electron chi connectivity index (χ3n) is 5.98. The average Bonchev–Trinajstić information content (AvgIpc) is 3.30. The first-order valence-corrected chi connectivity index (χ1v) is 8.52. The van der Waals surface area contributed by atoms with E-state index < -0.39 is 0 Å². The quantitative estimate of drug-likeness (QED) is 0.839. The zero-order valence-corrected chi connectivity index (χ0v) is 12.8. The van der Waals surface area contributed by atoms with E-state index in [4.69, 9.17) is 0 Å². The fourth-order valence-corrected chi connectivity index (χ4v) is 4.89. The van der Waals surface area contributed by atoms with E-state index in [-0.39, 0.29) is 0 Å². The number of hydrogen-bond acceptors (Lipinski definition) is 5. The lowest BCUT2D eigenvalue weighted by Crippen LogP contribution is -2.52. The molecule has 3 unspecified atom stereocenters. The van der Waals surface area contributed by atoms with Crippen molar-refractivity contribution in [3.05, 3.63) is 18.7 Å². The van der Waals surface area contributed by atoms with E-state index in [1.165, 1.54) is 25.7 Å². The number of fused-ring (bicyclic) bond motifs is 3. The predicted octanol–water partition coefficient (Wildman–Crippen LogP) is 1.43.